The van der Waals surface area contributed by atoms with E-state index in [1.54, 1.807) is 72.3 Å². The number of anilines is 6. The van der Waals surface area contributed by atoms with Crippen LogP contribution in [0.25, 0.3) is 83.9 Å². The Morgan fingerprint density at radius 2 is 0.630 bits per heavy atom. The molecule has 3 amide bonds. The second-order valence-corrected chi connectivity index (χ2v) is 37.3. The number of fused-ring (bicyclic) bond motifs is 3. The van der Waals surface area contributed by atoms with Crippen molar-refractivity contribution in [2.75, 3.05) is 90.8 Å². The molecule has 42 heteroatoms. The zero-order valence-electron chi connectivity index (χ0n) is 75.8. The molecule has 3 saturated heterocycles. The molecule has 12 aromatic rings. The summed E-state index contributed by atoms with van der Waals surface area (Å²) in [7, 11) is 0. The molecular weight excluding hydrogens is 1980 g/mol. The second-order valence-electron chi connectivity index (χ2n) is 33.8. The Morgan fingerprint density at radius 3 is 0.833 bits per heavy atom. The van der Waals surface area contributed by atoms with Crippen molar-refractivity contribution in [1.82, 2.24) is 58.3 Å². The number of nitrogens with zero attached hydrogens (tertiary/aromatic N) is 18. The molecule has 0 saturated carbocycles. The Hall–Kier alpha value is -12.7. The van der Waals surface area contributed by atoms with E-state index in [2.05, 4.69) is 67.8 Å². The fourth-order valence-corrected chi connectivity index (χ4v) is 19.4. The zero-order valence-corrected chi connectivity index (χ0v) is 82.6. The summed E-state index contributed by atoms with van der Waals surface area (Å²) in [4.78, 5) is 119. The molecule has 3 fully saturated rings. The summed E-state index contributed by atoms with van der Waals surface area (Å²) >= 11 is 56.3. The monoisotopic (exact) mass is 2060 g/mol. The molecule has 0 aliphatic carbocycles. The largest absolute Gasteiger partial charge is 0.397 e. The van der Waals surface area contributed by atoms with Crippen molar-refractivity contribution in [3.05, 3.63) is 255 Å². The summed E-state index contributed by atoms with van der Waals surface area (Å²) in [5.41, 5.74) is 17.3. The number of aryl methyl sites for hydroxylation is 3. The minimum absolute atomic E-state index is 0.0149. The van der Waals surface area contributed by atoms with Crippen LogP contribution in [0.2, 0.25) is 45.2 Å². The Morgan fingerprint density at radius 1 is 0.399 bits per heavy atom. The molecule has 27 nitrogen and oxygen atoms in total. The van der Waals surface area contributed by atoms with E-state index in [1.165, 1.54) is 50.1 Å². The maximum atomic E-state index is 15.5. The Labute approximate surface area is 831 Å². The van der Waals surface area contributed by atoms with Gasteiger partial charge in [0.25, 0.3) is 16.7 Å². The number of piperazine rings is 3. The van der Waals surface area contributed by atoms with Gasteiger partial charge in [0.1, 0.15) is 66.9 Å². The van der Waals surface area contributed by atoms with Crippen LogP contribution in [-0.4, -0.2) is 153 Å². The minimum atomic E-state index is -1.45. The minimum Gasteiger partial charge on any atom is -0.397 e. The van der Waals surface area contributed by atoms with E-state index in [9.17, 15) is 57.7 Å². The lowest BCUT2D eigenvalue weighted by atomic mass is 10.0. The average Bonchev–Trinajstić information content (AvgIpc) is 0.726. The number of carbonyl (C=O) groups is 3. The molecule has 6 N–H and O–H groups in total. The molecule has 0 unspecified atom stereocenters. The average molecular weight is 2060 g/mol. The summed E-state index contributed by atoms with van der Waals surface area (Å²) in [5.74, 6) is -9.86. The van der Waals surface area contributed by atoms with Gasteiger partial charge in [-0.3, -0.25) is 57.4 Å². The van der Waals surface area contributed by atoms with E-state index in [4.69, 9.17) is 122 Å². The molecule has 15 rings (SSSR count). The van der Waals surface area contributed by atoms with Gasteiger partial charge in [-0.15, -0.1) is 0 Å². The summed E-state index contributed by atoms with van der Waals surface area (Å²) in [6, 6.07) is 14.7. The number of nitrogens with two attached hydrogens (primary N) is 3. The van der Waals surface area contributed by atoms with Crippen molar-refractivity contribution in [2.45, 2.75) is 119 Å². The van der Waals surface area contributed by atoms with E-state index >= 15 is 13.2 Å². The molecule has 0 radical (unpaired) electrons. The Balaban J connectivity index is 0.000000175. The predicted octanol–water partition coefficient (Wildman–Crippen LogP) is 20.4. The second kappa shape index (κ2) is 40.8. The number of benzene rings is 3. The highest BCUT2D eigenvalue weighted by Crippen LogP contribution is 2.50. The molecule has 0 spiro atoms. The van der Waals surface area contributed by atoms with Crippen molar-refractivity contribution < 1.29 is 40.7 Å². The third kappa shape index (κ3) is 18.0. The van der Waals surface area contributed by atoms with Crippen LogP contribution in [0.3, 0.4) is 0 Å². The lowest BCUT2D eigenvalue weighted by molar-refractivity contribution is -0.129. The van der Waals surface area contributed by atoms with Crippen molar-refractivity contribution >= 4 is 189 Å². The van der Waals surface area contributed by atoms with Crippen molar-refractivity contribution in [3.8, 4) is 69.0 Å². The van der Waals surface area contributed by atoms with Gasteiger partial charge in [-0.2, -0.15) is 15.8 Å². The molecule has 3 aromatic carbocycles. The first-order valence-electron chi connectivity index (χ1n) is 42.6. The van der Waals surface area contributed by atoms with Gasteiger partial charge in [-0.25, -0.2) is 41.3 Å². The molecule has 0 bridgehead atoms. The van der Waals surface area contributed by atoms with Crippen molar-refractivity contribution in [1.29, 1.82) is 15.8 Å². The number of nitrogen functional groups attached to an aromatic ring is 3. The smallest absolute Gasteiger partial charge is 0.276 e. The molecule has 3 atom stereocenters. The Kier molecular flexibility index (Phi) is 30.3. The molecule has 9 aromatic heterocycles. The van der Waals surface area contributed by atoms with Gasteiger partial charge in [-0.1, -0.05) is 166 Å². The summed E-state index contributed by atoms with van der Waals surface area (Å²) in [6.07, 6.45) is 8.51. The van der Waals surface area contributed by atoms with Gasteiger partial charge < -0.3 is 46.6 Å². The topological polar surface area (TPSA) is 363 Å². The first-order valence-corrected chi connectivity index (χ1v) is 46.0. The molecule has 3 aliphatic heterocycles. The fraction of sp³-hybridized carbons (Fsp3) is 0.281. The summed E-state index contributed by atoms with van der Waals surface area (Å²) < 4.78 is 94.8. The molecular formula is C96H84Cl9F6N21O6. The van der Waals surface area contributed by atoms with Gasteiger partial charge >= 0.3 is 0 Å². The van der Waals surface area contributed by atoms with E-state index in [1.807, 2.05) is 77.0 Å². The van der Waals surface area contributed by atoms with Crippen LogP contribution in [0.4, 0.5) is 60.5 Å². The number of halogens is 15. The summed E-state index contributed by atoms with van der Waals surface area (Å²) in [5, 5.41) is 28.3. The van der Waals surface area contributed by atoms with Crippen LogP contribution >= 0.6 is 104 Å². The number of aromatic nitrogens is 9. The van der Waals surface area contributed by atoms with E-state index in [0.717, 1.165) is 0 Å². The third-order valence-corrected chi connectivity index (χ3v) is 27.6. The molecule has 714 valence electrons. The highest BCUT2D eigenvalue weighted by molar-refractivity contribution is 6.46. The first kappa shape index (κ1) is 103. The van der Waals surface area contributed by atoms with Gasteiger partial charge in [0.15, 0.2) is 34.9 Å². The lowest BCUT2D eigenvalue weighted by Gasteiger charge is -2.41. The quantitative estimate of drug-likeness (QED) is 0.0282. The van der Waals surface area contributed by atoms with Crippen LogP contribution in [0.15, 0.2) is 107 Å². The van der Waals surface area contributed by atoms with E-state index in [0.29, 0.717) is 50.8 Å². The first-order chi connectivity index (χ1) is 65.2. The van der Waals surface area contributed by atoms with Gasteiger partial charge in [-0.05, 0) is 131 Å². The number of amides is 3. The number of pyridine rings is 9. The Bertz CT molecular complexity index is 6790. The van der Waals surface area contributed by atoms with Gasteiger partial charge in [0, 0.05) is 112 Å². The normalized spacial score (nSPS) is 15.0. The fourth-order valence-electron chi connectivity index (χ4n) is 17.6. The number of hydrogen-bond acceptors (Lipinski definition) is 21. The van der Waals surface area contributed by atoms with Crippen LogP contribution < -0.4 is 48.6 Å². The van der Waals surface area contributed by atoms with Crippen LogP contribution in [0.1, 0.15) is 131 Å². The third-order valence-electron chi connectivity index (χ3n) is 24.2. The van der Waals surface area contributed by atoms with Gasteiger partial charge in [0.05, 0.1) is 132 Å². The predicted molar refractivity (Wildman–Crippen MR) is 531 cm³/mol. The van der Waals surface area contributed by atoms with Crippen LogP contribution in [0, 0.1) is 89.7 Å². The molecule has 138 heavy (non-hydrogen) atoms. The number of hydrogen-bond donors (Lipinski definition) is 3. The lowest BCUT2D eigenvalue weighted by Crippen LogP contribution is -2.54. The standard InChI is InChI=1S/3C32H28Cl3F2N7O2/c3*1-6-20(45)43-10-9-42(13-16(43)5)30-17-11-19(33)28(21-24(36)25(37)22(34)23(35)26(21)39)41-31(17)44(32(46)18(30)12-38)29-15(4)7-8-40-27(29)14(2)3/h3*6-8,11,14,16H,1,9-10,13,39H2,2-5H3/t3*16-/m111/s1. The van der Waals surface area contributed by atoms with Crippen molar-refractivity contribution in [3.63, 3.8) is 0 Å². The van der Waals surface area contributed by atoms with Crippen molar-refractivity contribution in [2.24, 2.45) is 0 Å². The zero-order chi connectivity index (χ0) is 101. The molecule has 12 heterocycles. The molecule has 3 aliphatic rings. The summed E-state index contributed by atoms with van der Waals surface area (Å²) in [6.45, 7) is 35.3. The maximum Gasteiger partial charge on any atom is 0.276 e. The number of rotatable bonds is 15. The van der Waals surface area contributed by atoms with Crippen LogP contribution in [0.5, 0.6) is 0 Å². The highest BCUT2D eigenvalue weighted by atomic mass is 35.5. The van der Waals surface area contributed by atoms with Crippen LogP contribution in [-0.2, 0) is 14.4 Å². The highest BCUT2D eigenvalue weighted by Gasteiger charge is 2.40. The number of carbonyl (C=O) groups excluding carboxylic acids is 3. The van der Waals surface area contributed by atoms with E-state index < -0.39 is 115 Å². The maximum absolute atomic E-state index is 15.5. The number of nitriles is 3. The van der Waals surface area contributed by atoms with Gasteiger partial charge in [0.2, 0.25) is 17.7 Å². The SMILES string of the molecule is C=CC(=O)N1CCN(c2c(C#N)c(=O)n(-c3c(C)ccnc3C(C)C)c3nc(-c4c(N)c(Cl)c(Cl)c(F)c4F)c(Cl)cc23)C[C@H]1C.C=CC(=O)N1CCN(c2c(C#N)c(=O)n(-c3c(C)ccnc3C(C)C)c3nc(-c4c(N)c(Cl)c(Cl)c(F)c4F)c(Cl)cc23)C[C@H]1C.C=CC(=O)N1CCN(c2c(C#N)c(=O)n(-c3c(C)ccnc3C(C)C)c3nc(-c4c(N)c(Cl)c(Cl)c(F)c4F)c(Cl)cc23)C[C@H]1C. The van der Waals surface area contributed by atoms with E-state index in [-0.39, 0.29) is 212 Å².